The molecule has 0 bridgehead atoms. The minimum Gasteiger partial charge on any atom is -0.497 e. The quantitative estimate of drug-likeness (QED) is 0.584. The SMILES string of the molecule is COc1cccc(N2CCN(Cc3nc(C(=O)NCCc4ccccn4)cs3)CC2)c1. The molecule has 4 rings (SSSR count). The molecule has 2 aromatic heterocycles. The maximum atomic E-state index is 12.4. The van der Waals surface area contributed by atoms with Crippen LogP contribution in [0.3, 0.4) is 0 Å². The number of methoxy groups -OCH3 is 1. The molecule has 8 heteroatoms. The van der Waals surface area contributed by atoms with Gasteiger partial charge in [-0.3, -0.25) is 14.7 Å². The predicted molar refractivity (Wildman–Crippen MR) is 123 cm³/mol. The molecule has 31 heavy (non-hydrogen) atoms. The third-order valence-corrected chi connectivity index (χ3v) is 6.16. The fraction of sp³-hybridized carbons (Fsp3) is 0.348. The lowest BCUT2D eigenvalue weighted by Gasteiger charge is -2.35. The maximum Gasteiger partial charge on any atom is 0.270 e. The van der Waals surface area contributed by atoms with Crippen LogP contribution in [0.1, 0.15) is 21.2 Å². The van der Waals surface area contributed by atoms with Crippen molar-refractivity contribution >= 4 is 22.9 Å². The van der Waals surface area contributed by atoms with Gasteiger partial charge in [0.25, 0.3) is 5.91 Å². The number of pyridine rings is 1. The summed E-state index contributed by atoms with van der Waals surface area (Å²) in [4.78, 5) is 26.0. The summed E-state index contributed by atoms with van der Waals surface area (Å²) in [5.41, 5.74) is 2.66. The molecule has 1 N–H and O–H groups in total. The number of aromatic nitrogens is 2. The Morgan fingerprint density at radius 3 is 2.81 bits per heavy atom. The van der Waals surface area contributed by atoms with E-state index >= 15 is 0 Å². The Labute approximate surface area is 186 Å². The van der Waals surface area contributed by atoms with Crippen LogP contribution in [0.25, 0.3) is 0 Å². The summed E-state index contributed by atoms with van der Waals surface area (Å²) in [6, 6.07) is 14.0. The van der Waals surface area contributed by atoms with E-state index in [0.29, 0.717) is 18.7 Å². The third kappa shape index (κ3) is 5.80. The number of piperazine rings is 1. The van der Waals surface area contributed by atoms with E-state index in [0.717, 1.165) is 49.2 Å². The van der Waals surface area contributed by atoms with Crippen molar-refractivity contribution in [2.24, 2.45) is 0 Å². The van der Waals surface area contributed by atoms with Crippen molar-refractivity contribution in [1.29, 1.82) is 0 Å². The highest BCUT2D eigenvalue weighted by Crippen LogP contribution is 2.23. The van der Waals surface area contributed by atoms with Crippen LogP contribution in [0.15, 0.2) is 54.0 Å². The zero-order chi connectivity index (χ0) is 21.5. The Bertz CT molecular complexity index is 986. The fourth-order valence-corrected chi connectivity index (χ4v) is 4.41. The van der Waals surface area contributed by atoms with Gasteiger partial charge in [-0.25, -0.2) is 4.98 Å². The number of carbonyl (C=O) groups is 1. The number of rotatable bonds is 8. The molecule has 1 aliphatic heterocycles. The molecule has 0 saturated carbocycles. The summed E-state index contributed by atoms with van der Waals surface area (Å²) >= 11 is 1.55. The van der Waals surface area contributed by atoms with E-state index < -0.39 is 0 Å². The van der Waals surface area contributed by atoms with Gasteiger partial charge in [-0.05, 0) is 24.3 Å². The van der Waals surface area contributed by atoms with Crippen LogP contribution >= 0.6 is 11.3 Å². The zero-order valence-electron chi connectivity index (χ0n) is 17.7. The highest BCUT2D eigenvalue weighted by Gasteiger charge is 2.19. The minimum atomic E-state index is -0.124. The van der Waals surface area contributed by atoms with Crippen molar-refractivity contribution in [3.8, 4) is 5.75 Å². The third-order valence-electron chi connectivity index (χ3n) is 5.33. The average Bonchev–Trinajstić information content (AvgIpc) is 3.29. The van der Waals surface area contributed by atoms with Gasteiger partial charge in [-0.2, -0.15) is 0 Å². The molecule has 0 aliphatic carbocycles. The van der Waals surface area contributed by atoms with E-state index in [4.69, 9.17) is 4.74 Å². The van der Waals surface area contributed by atoms with Crippen LogP contribution < -0.4 is 15.0 Å². The molecule has 3 aromatic rings. The highest BCUT2D eigenvalue weighted by atomic mass is 32.1. The molecule has 1 saturated heterocycles. The van der Waals surface area contributed by atoms with Crippen molar-refractivity contribution in [3.63, 3.8) is 0 Å². The summed E-state index contributed by atoms with van der Waals surface area (Å²) in [5.74, 6) is 0.759. The van der Waals surface area contributed by atoms with Gasteiger partial charge in [-0.1, -0.05) is 12.1 Å². The number of ether oxygens (including phenoxy) is 1. The normalized spacial score (nSPS) is 14.4. The van der Waals surface area contributed by atoms with Gasteiger partial charge in [0.05, 0.1) is 13.7 Å². The topological polar surface area (TPSA) is 70.6 Å². The number of nitrogens with zero attached hydrogens (tertiary/aromatic N) is 4. The van der Waals surface area contributed by atoms with E-state index in [-0.39, 0.29) is 5.91 Å². The number of amides is 1. The standard InChI is InChI=1S/C23H27N5O2S/c1-30-20-7-4-6-19(15-20)28-13-11-27(12-14-28)16-22-26-21(17-31-22)23(29)25-10-8-18-5-2-3-9-24-18/h2-7,9,15,17H,8,10-14,16H2,1H3,(H,25,29). The molecular formula is C23H27N5O2S. The molecule has 3 heterocycles. The van der Waals surface area contributed by atoms with E-state index in [1.165, 1.54) is 5.69 Å². The number of benzene rings is 1. The van der Waals surface area contributed by atoms with Gasteiger partial charge >= 0.3 is 0 Å². The number of carbonyl (C=O) groups excluding carboxylic acids is 1. The van der Waals surface area contributed by atoms with Gasteiger partial charge in [-0.15, -0.1) is 11.3 Å². The first-order valence-corrected chi connectivity index (χ1v) is 11.3. The number of hydrogen-bond acceptors (Lipinski definition) is 7. The lowest BCUT2D eigenvalue weighted by Crippen LogP contribution is -2.45. The number of anilines is 1. The van der Waals surface area contributed by atoms with E-state index in [2.05, 4.69) is 37.2 Å². The Kier molecular flexibility index (Phi) is 7.11. The van der Waals surface area contributed by atoms with E-state index in [1.807, 2.05) is 35.7 Å². The molecule has 1 fully saturated rings. The van der Waals surface area contributed by atoms with Crippen LogP contribution in [0.5, 0.6) is 5.75 Å². The van der Waals surface area contributed by atoms with E-state index in [1.54, 1.807) is 24.6 Å². The van der Waals surface area contributed by atoms with Crippen molar-refractivity contribution in [2.45, 2.75) is 13.0 Å². The first-order valence-electron chi connectivity index (χ1n) is 10.4. The monoisotopic (exact) mass is 437 g/mol. The lowest BCUT2D eigenvalue weighted by atomic mass is 10.2. The molecule has 7 nitrogen and oxygen atoms in total. The van der Waals surface area contributed by atoms with Crippen molar-refractivity contribution < 1.29 is 9.53 Å². The fourth-order valence-electron chi connectivity index (χ4n) is 3.59. The Balaban J connectivity index is 1.23. The molecule has 162 valence electrons. The second kappa shape index (κ2) is 10.4. The van der Waals surface area contributed by atoms with Crippen LogP contribution in [0.4, 0.5) is 5.69 Å². The number of thiazole rings is 1. The first kappa shape index (κ1) is 21.3. The smallest absolute Gasteiger partial charge is 0.270 e. The molecule has 0 radical (unpaired) electrons. The number of nitrogens with one attached hydrogen (secondary N) is 1. The van der Waals surface area contributed by atoms with Crippen molar-refractivity contribution in [1.82, 2.24) is 20.2 Å². The maximum absolute atomic E-state index is 12.4. The van der Waals surface area contributed by atoms with Gasteiger partial charge in [0.2, 0.25) is 0 Å². The average molecular weight is 438 g/mol. The zero-order valence-corrected chi connectivity index (χ0v) is 18.5. The lowest BCUT2D eigenvalue weighted by molar-refractivity contribution is 0.0949. The minimum absolute atomic E-state index is 0.124. The summed E-state index contributed by atoms with van der Waals surface area (Å²) < 4.78 is 5.33. The molecule has 1 aromatic carbocycles. The molecule has 0 unspecified atom stereocenters. The highest BCUT2D eigenvalue weighted by molar-refractivity contribution is 7.09. The van der Waals surface area contributed by atoms with Crippen molar-refractivity contribution in [2.75, 3.05) is 44.7 Å². The summed E-state index contributed by atoms with van der Waals surface area (Å²) in [7, 11) is 1.69. The summed E-state index contributed by atoms with van der Waals surface area (Å²) in [6.07, 6.45) is 2.47. The Hall–Kier alpha value is -2.97. The predicted octanol–water partition coefficient (Wildman–Crippen LogP) is 2.84. The Morgan fingerprint density at radius 1 is 1.16 bits per heavy atom. The van der Waals surface area contributed by atoms with Crippen LogP contribution in [0.2, 0.25) is 0 Å². The molecule has 0 spiro atoms. The number of hydrogen-bond donors (Lipinski definition) is 1. The second-order valence-electron chi connectivity index (χ2n) is 7.42. The molecular weight excluding hydrogens is 410 g/mol. The first-order chi connectivity index (χ1) is 15.2. The van der Waals surface area contributed by atoms with Gasteiger partial charge in [0.1, 0.15) is 16.5 Å². The second-order valence-corrected chi connectivity index (χ2v) is 8.36. The molecule has 1 aliphatic rings. The summed E-state index contributed by atoms with van der Waals surface area (Å²) in [5, 5.41) is 5.75. The van der Waals surface area contributed by atoms with Crippen LogP contribution in [0, 0.1) is 0 Å². The van der Waals surface area contributed by atoms with Crippen LogP contribution in [-0.2, 0) is 13.0 Å². The van der Waals surface area contributed by atoms with Gasteiger partial charge < -0.3 is 15.0 Å². The summed E-state index contributed by atoms with van der Waals surface area (Å²) in [6.45, 7) is 5.16. The van der Waals surface area contributed by atoms with Crippen molar-refractivity contribution in [3.05, 3.63) is 70.4 Å². The molecule has 0 atom stereocenters. The molecule has 1 amide bonds. The van der Waals surface area contributed by atoms with Crippen LogP contribution in [-0.4, -0.2) is 60.6 Å². The van der Waals surface area contributed by atoms with Gasteiger partial charge in [0, 0.05) is 68.2 Å². The van der Waals surface area contributed by atoms with E-state index in [9.17, 15) is 4.79 Å². The Morgan fingerprint density at radius 2 is 2.03 bits per heavy atom. The van der Waals surface area contributed by atoms with Gasteiger partial charge in [0.15, 0.2) is 0 Å². The largest absolute Gasteiger partial charge is 0.497 e.